The van der Waals surface area contributed by atoms with Gasteiger partial charge in [0, 0.05) is 24.9 Å². The molecule has 162 valence electrons. The van der Waals surface area contributed by atoms with Crippen LogP contribution in [0.1, 0.15) is 55.0 Å². The van der Waals surface area contributed by atoms with E-state index in [-0.39, 0.29) is 17.3 Å². The van der Waals surface area contributed by atoms with Crippen molar-refractivity contribution in [2.75, 3.05) is 0 Å². The molecule has 0 N–H and O–H groups in total. The Labute approximate surface area is 186 Å². The monoisotopic (exact) mass is 426 g/mol. The maximum atomic E-state index is 13.7. The number of hydrogen-bond donors (Lipinski definition) is 0. The molecule has 0 saturated carbocycles. The molecule has 6 nitrogen and oxygen atoms in total. The van der Waals surface area contributed by atoms with Gasteiger partial charge in [-0.2, -0.15) is 0 Å². The fourth-order valence-electron chi connectivity index (χ4n) is 4.66. The van der Waals surface area contributed by atoms with Crippen LogP contribution >= 0.6 is 0 Å². The maximum absolute atomic E-state index is 13.7. The van der Waals surface area contributed by atoms with Gasteiger partial charge in [-0.25, -0.2) is 9.79 Å². The lowest BCUT2D eigenvalue weighted by atomic mass is 9.93. The van der Waals surface area contributed by atoms with Crippen molar-refractivity contribution in [3.63, 3.8) is 0 Å². The lowest BCUT2D eigenvalue weighted by molar-refractivity contribution is 0.437. The van der Waals surface area contributed by atoms with Gasteiger partial charge in [0.2, 0.25) is 0 Å². The third-order valence-corrected chi connectivity index (χ3v) is 6.07. The second-order valence-electron chi connectivity index (χ2n) is 8.19. The Morgan fingerprint density at radius 1 is 0.875 bits per heavy atom. The van der Waals surface area contributed by atoms with Gasteiger partial charge in [0.05, 0.1) is 11.6 Å². The summed E-state index contributed by atoms with van der Waals surface area (Å²) in [4.78, 5) is 34.1. The smallest absolute Gasteiger partial charge is 0.320 e. The second kappa shape index (κ2) is 8.11. The largest absolute Gasteiger partial charge is 0.332 e. The van der Waals surface area contributed by atoms with E-state index in [0.29, 0.717) is 30.9 Å². The van der Waals surface area contributed by atoms with E-state index in [1.54, 1.807) is 4.57 Å². The van der Waals surface area contributed by atoms with Gasteiger partial charge in [-0.05, 0) is 30.0 Å². The summed E-state index contributed by atoms with van der Waals surface area (Å²) < 4.78 is 3.07. The van der Waals surface area contributed by atoms with Crippen LogP contribution in [0.4, 0.5) is 5.82 Å². The van der Waals surface area contributed by atoms with Crippen LogP contribution in [0.5, 0.6) is 0 Å². The lowest BCUT2D eigenvalue weighted by Crippen LogP contribution is -2.47. The predicted octanol–water partition coefficient (Wildman–Crippen LogP) is 4.30. The summed E-state index contributed by atoms with van der Waals surface area (Å²) in [5, 5.41) is 0. The minimum Gasteiger partial charge on any atom is -0.320 e. The highest BCUT2D eigenvalue weighted by Gasteiger charge is 2.37. The molecule has 0 saturated heterocycles. The summed E-state index contributed by atoms with van der Waals surface area (Å²) in [6, 6.07) is 17.7. The van der Waals surface area contributed by atoms with E-state index < -0.39 is 0 Å². The Morgan fingerprint density at radius 3 is 2.31 bits per heavy atom. The van der Waals surface area contributed by atoms with E-state index in [0.717, 1.165) is 28.9 Å². The molecule has 2 aliphatic heterocycles. The van der Waals surface area contributed by atoms with Crippen LogP contribution in [-0.4, -0.2) is 19.9 Å². The van der Waals surface area contributed by atoms with Gasteiger partial charge in [-0.15, -0.1) is 0 Å². The Morgan fingerprint density at radius 2 is 1.56 bits per heavy atom. The summed E-state index contributed by atoms with van der Waals surface area (Å²) in [7, 11) is 0. The Balaban J connectivity index is 1.89. The summed E-state index contributed by atoms with van der Waals surface area (Å²) in [5.74, 6) is 1.25. The Hall–Kier alpha value is -3.67. The molecule has 0 spiro atoms. The van der Waals surface area contributed by atoms with E-state index in [1.165, 1.54) is 4.57 Å². The van der Waals surface area contributed by atoms with Crippen molar-refractivity contribution < 1.29 is 0 Å². The first-order chi connectivity index (χ1) is 15.7. The van der Waals surface area contributed by atoms with Crippen molar-refractivity contribution in [3.05, 3.63) is 104 Å². The molecule has 0 amide bonds. The Bertz CT molecular complexity index is 1350. The van der Waals surface area contributed by atoms with E-state index in [9.17, 15) is 9.59 Å². The van der Waals surface area contributed by atoms with Crippen LogP contribution in [-0.2, 0) is 13.1 Å². The maximum Gasteiger partial charge on any atom is 0.332 e. The zero-order chi connectivity index (χ0) is 22.2. The number of benzene rings is 2. The van der Waals surface area contributed by atoms with Crippen LogP contribution in [0, 0.1) is 0 Å². The molecular weight excluding hydrogens is 400 g/mol. The third-order valence-electron chi connectivity index (χ3n) is 6.07. The molecular formula is C26H26N4O2. The fraction of sp³-hybridized carbons (Fsp3) is 0.269. The molecule has 32 heavy (non-hydrogen) atoms. The van der Waals surface area contributed by atoms with E-state index in [2.05, 4.69) is 17.0 Å². The minimum absolute atomic E-state index is 0.247. The van der Waals surface area contributed by atoms with Gasteiger partial charge < -0.3 is 4.90 Å². The van der Waals surface area contributed by atoms with Crippen molar-refractivity contribution >= 4 is 17.7 Å². The van der Waals surface area contributed by atoms with Crippen molar-refractivity contribution in [1.82, 2.24) is 14.0 Å². The minimum atomic E-state index is -0.359. The SMILES string of the molecule is CCCn1c2c(c(=O)n(CCC)c1=O)[C@@H](c1ccccc1)N1C=Cc3ccccc3C1=N2. The normalized spacial score (nSPS) is 16.2. The van der Waals surface area contributed by atoms with E-state index >= 15 is 0 Å². The van der Waals surface area contributed by atoms with Crippen LogP contribution in [0.3, 0.4) is 0 Å². The molecule has 0 aliphatic carbocycles. The first-order valence-corrected chi connectivity index (χ1v) is 11.2. The van der Waals surface area contributed by atoms with Gasteiger partial charge in [-0.1, -0.05) is 68.4 Å². The highest BCUT2D eigenvalue weighted by molar-refractivity contribution is 6.07. The number of amidine groups is 1. The topological polar surface area (TPSA) is 59.6 Å². The van der Waals surface area contributed by atoms with Crippen molar-refractivity contribution in [2.24, 2.45) is 4.99 Å². The second-order valence-corrected chi connectivity index (χ2v) is 8.19. The van der Waals surface area contributed by atoms with E-state index in [4.69, 9.17) is 4.99 Å². The molecule has 1 atom stereocenters. The first kappa shape index (κ1) is 20.2. The molecule has 2 aliphatic rings. The fourth-order valence-corrected chi connectivity index (χ4v) is 4.66. The predicted molar refractivity (Wildman–Crippen MR) is 127 cm³/mol. The van der Waals surface area contributed by atoms with E-state index in [1.807, 2.05) is 68.6 Å². The number of aliphatic imine (C=N–C) groups is 1. The van der Waals surface area contributed by atoms with Crippen LogP contribution in [0.25, 0.3) is 6.08 Å². The average molecular weight is 427 g/mol. The third kappa shape index (κ3) is 3.06. The molecule has 0 bridgehead atoms. The van der Waals surface area contributed by atoms with Crippen LogP contribution < -0.4 is 11.2 Å². The van der Waals surface area contributed by atoms with Crippen LogP contribution in [0.2, 0.25) is 0 Å². The molecule has 3 aromatic rings. The number of rotatable bonds is 5. The van der Waals surface area contributed by atoms with Crippen molar-refractivity contribution in [1.29, 1.82) is 0 Å². The molecule has 3 heterocycles. The van der Waals surface area contributed by atoms with Gasteiger partial charge >= 0.3 is 5.69 Å². The molecule has 0 radical (unpaired) electrons. The van der Waals surface area contributed by atoms with Gasteiger partial charge in [-0.3, -0.25) is 13.9 Å². The van der Waals surface area contributed by atoms with Crippen LogP contribution in [0.15, 0.2) is 75.4 Å². The Kier molecular flexibility index (Phi) is 5.13. The molecule has 0 unspecified atom stereocenters. The summed E-state index contributed by atoms with van der Waals surface area (Å²) >= 11 is 0. The van der Waals surface area contributed by atoms with Gasteiger partial charge in [0.1, 0.15) is 11.7 Å². The summed E-state index contributed by atoms with van der Waals surface area (Å²) in [5.41, 5.74) is 3.10. The number of fused-ring (bicyclic) bond motifs is 4. The van der Waals surface area contributed by atoms with Gasteiger partial charge in [0.25, 0.3) is 5.56 Å². The number of aromatic nitrogens is 2. The summed E-state index contributed by atoms with van der Waals surface area (Å²) in [6.07, 6.45) is 5.54. The number of hydrogen-bond acceptors (Lipinski definition) is 4. The lowest BCUT2D eigenvalue weighted by Gasteiger charge is -2.38. The molecule has 6 heteroatoms. The first-order valence-electron chi connectivity index (χ1n) is 11.2. The highest BCUT2D eigenvalue weighted by Crippen LogP contribution is 2.40. The zero-order valence-electron chi connectivity index (χ0n) is 18.4. The van der Waals surface area contributed by atoms with Crippen molar-refractivity contribution in [2.45, 2.75) is 45.8 Å². The molecule has 5 rings (SSSR count). The molecule has 2 aromatic carbocycles. The molecule has 1 aromatic heterocycles. The average Bonchev–Trinajstić information content (AvgIpc) is 2.83. The highest BCUT2D eigenvalue weighted by atomic mass is 16.2. The standard InChI is InChI=1S/C26H26N4O2/c1-3-15-29-24-21(25(31)30(16-4-2)26(29)32)22(19-11-6-5-7-12-19)28-17-14-18-10-8-9-13-20(18)23(28)27-24/h5-14,17,22H,3-4,15-16H2,1-2H3/t22-/m1/s1. The summed E-state index contributed by atoms with van der Waals surface area (Å²) in [6.45, 7) is 4.92. The van der Waals surface area contributed by atoms with Crippen molar-refractivity contribution in [3.8, 4) is 0 Å². The zero-order valence-corrected chi connectivity index (χ0v) is 18.4. The molecule has 0 fully saturated rings. The number of nitrogens with zero attached hydrogens (tertiary/aromatic N) is 4. The quantitative estimate of drug-likeness (QED) is 0.611. The van der Waals surface area contributed by atoms with Gasteiger partial charge in [0.15, 0.2) is 0 Å².